The number of amides is 1. The second kappa shape index (κ2) is 8.37. The Balaban J connectivity index is 1.37. The van der Waals surface area contributed by atoms with Crippen molar-refractivity contribution in [1.29, 1.82) is 0 Å². The molecule has 1 spiro atoms. The Labute approximate surface area is 183 Å². The van der Waals surface area contributed by atoms with Gasteiger partial charge in [-0.2, -0.15) is 0 Å². The zero-order valence-electron chi connectivity index (χ0n) is 19.0. The molecule has 174 valence electrons. The van der Waals surface area contributed by atoms with Crippen molar-refractivity contribution in [2.75, 3.05) is 26.8 Å². The molecule has 1 N–H and O–H groups in total. The summed E-state index contributed by atoms with van der Waals surface area (Å²) >= 11 is 0. The summed E-state index contributed by atoms with van der Waals surface area (Å²) in [6.45, 7) is 8.10. The SMILES string of the molecule is CO[C@@H]1[C@H](OC(=O)N2CC(CCC(=O)O)C2)CC[C@]2(CO2)[C@H]1[C@@]1(C)O[C@@H]1CC=C(C)C. The first-order valence-corrected chi connectivity index (χ1v) is 11.3. The number of carbonyl (C=O) groups is 2. The minimum Gasteiger partial charge on any atom is -0.481 e. The third-order valence-corrected chi connectivity index (χ3v) is 7.47. The first-order chi connectivity index (χ1) is 14.7. The van der Waals surface area contributed by atoms with Gasteiger partial charge in [0.25, 0.3) is 0 Å². The van der Waals surface area contributed by atoms with E-state index < -0.39 is 5.97 Å². The molecule has 0 aromatic rings. The van der Waals surface area contributed by atoms with Crippen molar-refractivity contribution >= 4 is 12.1 Å². The van der Waals surface area contributed by atoms with E-state index in [0.29, 0.717) is 32.5 Å². The van der Waals surface area contributed by atoms with Gasteiger partial charge in [0.05, 0.1) is 18.6 Å². The summed E-state index contributed by atoms with van der Waals surface area (Å²) < 4.78 is 24.0. The topological polar surface area (TPSA) is 101 Å². The molecule has 4 aliphatic rings. The standard InChI is InChI=1S/C23H35NO7/c1-14(2)5-7-17-22(3,31-17)20-19(28-4)16(9-10-23(20)13-29-23)30-21(27)24-11-15(12-24)6-8-18(25)26/h5,15-17,19-20H,6-13H2,1-4H3,(H,25,26)/t16-,17-,19-,20-,22+,23+/m1/s1. The number of allylic oxidation sites excluding steroid dienone is 1. The van der Waals surface area contributed by atoms with E-state index in [9.17, 15) is 9.59 Å². The number of hydrogen-bond donors (Lipinski definition) is 1. The highest BCUT2D eigenvalue weighted by Gasteiger charge is 2.72. The lowest BCUT2D eigenvalue weighted by atomic mass is 9.68. The van der Waals surface area contributed by atoms with Crippen LogP contribution in [0.5, 0.6) is 0 Å². The Kier molecular flexibility index (Phi) is 6.09. The molecule has 3 saturated heterocycles. The van der Waals surface area contributed by atoms with E-state index >= 15 is 0 Å². The third kappa shape index (κ3) is 4.47. The fourth-order valence-corrected chi connectivity index (χ4v) is 5.50. The van der Waals surface area contributed by atoms with E-state index in [1.165, 1.54) is 5.57 Å². The summed E-state index contributed by atoms with van der Waals surface area (Å²) in [7, 11) is 1.67. The van der Waals surface area contributed by atoms with Crippen LogP contribution in [0.1, 0.15) is 52.9 Å². The van der Waals surface area contributed by atoms with Crippen LogP contribution in [0.2, 0.25) is 0 Å². The van der Waals surface area contributed by atoms with Crippen LogP contribution in [0, 0.1) is 11.8 Å². The molecule has 4 rings (SSSR count). The van der Waals surface area contributed by atoms with E-state index in [4.69, 9.17) is 24.1 Å². The van der Waals surface area contributed by atoms with Crippen molar-refractivity contribution in [3.63, 3.8) is 0 Å². The van der Waals surface area contributed by atoms with Gasteiger partial charge in [0, 0.05) is 26.6 Å². The van der Waals surface area contributed by atoms with Gasteiger partial charge in [0.15, 0.2) is 0 Å². The van der Waals surface area contributed by atoms with Crippen LogP contribution in [0.4, 0.5) is 4.79 Å². The van der Waals surface area contributed by atoms with Crippen molar-refractivity contribution in [3.05, 3.63) is 11.6 Å². The lowest BCUT2D eigenvalue weighted by molar-refractivity contribution is -0.137. The van der Waals surface area contributed by atoms with Crippen LogP contribution in [0.25, 0.3) is 0 Å². The van der Waals surface area contributed by atoms with Gasteiger partial charge in [-0.05, 0) is 52.4 Å². The number of hydrogen-bond acceptors (Lipinski definition) is 6. The third-order valence-electron chi connectivity index (χ3n) is 7.47. The van der Waals surface area contributed by atoms with Gasteiger partial charge >= 0.3 is 12.1 Å². The maximum atomic E-state index is 12.7. The van der Waals surface area contributed by atoms with Gasteiger partial charge < -0.3 is 29.0 Å². The first-order valence-electron chi connectivity index (χ1n) is 11.3. The molecule has 3 aliphatic heterocycles. The number of methoxy groups -OCH3 is 1. The van der Waals surface area contributed by atoms with Crippen LogP contribution in [0.3, 0.4) is 0 Å². The lowest BCUT2D eigenvalue weighted by Gasteiger charge is -2.44. The summed E-state index contributed by atoms with van der Waals surface area (Å²) in [6.07, 6.45) is 4.45. The molecule has 0 unspecified atom stereocenters. The number of likely N-dealkylation sites (tertiary alicyclic amines) is 1. The first kappa shape index (κ1) is 22.6. The Bertz CT molecular complexity index is 738. The summed E-state index contributed by atoms with van der Waals surface area (Å²) in [5, 5.41) is 8.81. The molecule has 4 fully saturated rings. The minimum atomic E-state index is -0.799. The van der Waals surface area contributed by atoms with Crippen LogP contribution in [0.15, 0.2) is 11.6 Å². The molecular formula is C23H35NO7. The average Bonchev–Trinajstić information content (AvgIpc) is 3.57. The predicted octanol–water partition coefficient (Wildman–Crippen LogP) is 3.00. The fraction of sp³-hybridized carbons (Fsp3) is 0.826. The van der Waals surface area contributed by atoms with Crippen molar-refractivity contribution < 1.29 is 33.6 Å². The highest BCUT2D eigenvalue weighted by atomic mass is 16.6. The van der Waals surface area contributed by atoms with Crippen molar-refractivity contribution in [2.24, 2.45) is 11.8 Å². The smallest absolute Gasteiger partial charge is 0.410 e. The number of ether oxygens (including phenoxy) is 4. The van der Waals surface area contributed by atoms with Crippen molar-refractivity contribution in [1.82, 2.24) is 4.90 Å². The maximum absolute atomic E-state index is 12.7. The Morgan fingerprint density at radius 2 is 2.00 bits per heavy atom. The molecule has 6 atom stereocenters. The van der Waals surface area contributed by atoms with E-state index in [0.717, 1.165) is 12.8 Å². The molecular weight excluding hydrogens is 402 g/mol. The summed E-state index contributed by atoms with van der Waals surface area (Å²) in [5.41, 5.74) is 0.675. The fourth-order valence-electron chi connectivity index (χ4n) is 5.50. The molecule has 1 amide bonds. The highest BCUT2D eigenvalue weighted by Crippen LogP contribution is 2.59. The van der Waals surface area contributed by atoms with Gasteiger partial charge in [0.1, 0.15) is 23.4 Å². The largest absolute Gasteiger partial charge is 0.481 e. The maximum Gasteiger partial charge on any atom is 0.410 e. The van der Waals surface area contributed by atoms with E-state index in [1.807, 2.05) is 0 Å². The van der Waals surface area contributed by atoms with Gasteiger partial charge in [0.2, 0.25) is 0 Å². The number of carboxylic acid groups (broad SMARTS) is 1. The van der Waals surface area contributed by atoms with Gasteiger partial charge in [-0.1, -0.05) is 11.6 Å². The second-order valence-electron chi connectivity index (χ2n) is 10.0. The van der Waals surface area contributed by atoms with E-state index in [-0.39, 0.29) is 53.9 Å². The molecule has 0 radical (unpaired) electrons. The molecule has 8 heteroatoms. The summed E-state index contributed by atoms with van der Waals surface area (Å²) in [6, 6.07) is 0. The number of aliphatic carboxylic acids is 1. The van der Waals surface area contributed by atoms with Gasteiger partial charge in [-0.3, -0.25) is 4.79 Å². The molecule has 1 saturated carbocycles. The van der Waals surface area contributed by atoms with E-state index in [1.54, 1.807) is 12.0 Å². The molecule has 1 aliphatic carbocycles. The number of epoxide rings is 2. The zero-order valence-corrected chi connectivity index (χ0v) is 19.0. The van der Waals surface area contributed by atoms with Crippen LogP contribution in [-0.4, -0.2) is 78.4 Å². The van der Waals surface area contributed by atoms with Gasteiger partial charge in [-0.15, -0.1) is 0 Å². The van der Waals surface area contributed by atoms with Crippen LogP contribution < -0.4 is 0 Å². The quantitative estimate of drug-likeness (QED) is 0.460. The Morgan fingerprint density at radius 3 is 2.58 bits per heavy atom. The normalized spacial score (nSPS) is 39.0. The Hall–Kier alpha value is -1.64. The summed E-state index contributed by atoms with van der Waals surface area (Å²) in [5.74, 6) is -0.558. The minimum absolute atomic E-state index is 0.00631. The number of carboxylic acids is 1. The zero-order chi connectivity index (χ0) is 22.4. The van der Waals surface area contributed by atoms with Crippen molar-refractivity contribution in [3.8, 4) is 0 Å². The number of nitrogens with zero attached hydrogens (tertiary/aromatic N) is 1. The van der Waals surface area contributed by atoms with Gasteiger partial charge in [-0.25, -0.2) is 4.79 Å². The number of rotatable bonds is 8. The molecule has 0 bridgehead atoms. The lowest BCUT2D eigenvalue weighted by Crippen LogP contribution is -2.57. The highest BCUT2D eigenvalue weighted by molar-refractivity contribution is 5.69. The molecule has 3 heterocycles. The summed E-state index contributed by atoms with van der Waals surface area (Å²) in [4.78, 5) is 25.1. The molecule has 0 aromatic carbocycles. The van der Waals surface area contributed by atoms with Crippen LogP contribution in [-0.2, 0) is 23.7 Å². The molecule has 8 nitrogen and oxygen atoms in total. The van der Waals surface area contributed by atoms with Crippen LogP contribution >= 0.6 is 0 Å². The van der Waals surface area contributed by atoms with E-state index in [2.05, 4.69) is 26.8 Å². The molecule has 0 aromatic heterocycles. The monoisotopic (exact) mass is 437 g/mol. The second-order valence-corrected chi connectivity index (χ2v) is 10.0. The average molecular weight is 438 g/mol. The number of carbonyl (C=O) groups excluding carboxylic acids is 1. The molecule has 31 heavy (non-hydrogen) atoms. The van der Waals surface area contributed by atoms with Crippen molar-refractivity contribution in [2.45, 2.75) is 82.4 Å². The Morgan fingerprint density at radius 1 is 1.29 bits per heavy atom. The predicted molar refractivity (Wildman–Crippen MR) is 112 cm³/mol.